The molecule has 1 aromatic carbocycles. The van der Waals surface area contributed by atoms with Crippen LogP contribution in [0.25, 0.3) is 10.6 Å². The van der Waals surface area contributed by atoms with Gasteiger partial charge in [-0.1, -0.05) is 30.3 Å². The minimum atomic E-state index is 0.294. The largest absolute Gasteiger partial charge is 0.372 e. The first kappa shape index (κ1) is 18.3. The topological polar surface area (TPSA) is 38.2 Å². The van der Waals surface area contributed by atoms with Gasteiger partial charge in [0.15, 0.2) is 0 Å². The highest BCUT2D eigenvalue weighted by molar-refractivity contribution is 7.15. The zero-order valence-corrected chi connectivity index (χ0v) is 16.5. The Labute approximate surface area is 164 Å². The number of likely N-dealkylation sites (tertiary alicyclic amines) is 1. The van der Waals surface area contributed by atoms with Gasteiger partial charge in [0.2, 0.25) is 0 Å². The van der Waals surface area contributed by atoms with Crippen molar-refractivity contribution in [1.29, 1.82) is 0 Å². The predicted molar refractivity (Wildman–Crippen MR) is 110 cm³/mol. The second-order valence-electron chi connectivity index (χ2n) is 7.12. The summed E-state index contributed by atoms with van der Waals surface area (Å²) in [4.78, 5) is 12.6. The van der Waals surface area contributed by atoms with Crippen LogP contribution in [-0.2, 0) is 17.9 Å². The van der Waals surface area contributed by atoms with Crippen molar-refractivity contribution in [1.82, 2.24) is 14.9 Å². The van der Waals surface area contributed by atoms with E-state index in [9.17, 15) is 0 Å². The number of piperidine rings is 1. The van der Waals surface area contributed by atoms with Gasteiger partial charge in [-0.15, -0.1) is 11.3 Å². The van der Waals surface area contributed by atoms with Gasteiger partial charge in [0.1, 0.15) is 5.01 Å². The number of aromatic nitrogens is 2. The molecule has 0 aliphatic carbocycles. The highest BCUT2D eigenvalue weighted by Gasteiger charge is 2.21. The molecule has 1 unspecified atom stereocenters. The highest BCUT2D eigenvalue weighted by Crippen LogP contribution is 2.29. The van der Waals surface area contributed by atoms with E-state index in [4.69, 9.17) is 4.74 Å². The molecule has 0 radical (unpaired) electrons. The van der Waals surface area contributed by atoms with E-state index in [0.29, 0.717) is 12.7 Å². The lowest BCUT2D eigenvalue weighted by Crippen LogP contribution is -2.38. The lowest BCUT2D eigenvalue weighted by molar-refractivity contribution is -0.0119. The van der Waals surface area contributed by atoms with Crippen molar-refractivity contribution < 1.29 is 4.74 Å². The fourth-order valence-electron chi connectivity index (χ4n) is 3.53. The first-order valence-electron chi connectivity index (χ1n) is 9.51. The molecule has 0 N–H and O–H groups in total. The van der Waals surface area contributed by atoms with Gasteiger partial charge >= 0.3 is 0 Å². The van der Waals surface area contributed by atoms with Crippen molar-refractivity contribution in [3.05, 3.63) is 71.0 Å². The lowest BCUT2D eigenvalue weighted by Gasteiger charge is -2.32. The van der Waals surface area contributed by atoms with Crippen molar-refractivity contribution in [2.75, 3.05) is 13.1 Å². The van der Waals surface area contributed by atoms with Crippen molar-refractivity contribution in [3.8, 4) is 10.6 Å². The smallest absolute Gasteiger partial charge is 0.123 e. The molecule has 140 valence electrons. The molecule has 0 bridgehead atoms. The van der Waals surface area contributed by atoms with Crippen LogP contribution in [0.5, 0.6) is 0 Å². The Kier molecular flexibility index (Phi) is 5.92. The van der Waals surface area contributed by atoms with Gasteiger partial charge in [0.05, 0.1) is 12.7 Å². The van der Waals surface area contributed by atoms with Crippen molar-refractivity contribution >= 4 is 11.3 Å². The minimum Gasteiger partial charge on any atom is -0.372 e. The molecule has 1 fully saturated rings. The Balaban J connectivity index is 1.34. The molecular weight excluding hydrogens is 354 g/mol. The molecule has 5 heteroatoms. The second-order valence-corrected chi connectivity index (χ2v) is 8.23. The van der Waals surface area contributed by atoms with E-state index in [0.717, 1.165) is 36.6 Å². The van der Waals surface area contributed by atoms with Crippen LogP contribution in [0.4, 0.5) is 0 Å². The maximum absolute atomic E-state index is 6.13. The first-order chi connectivity index (χ1) is 13.3. The quantitative estimate of drug-likeness (QED) is 0.622. The Bertz CT molecular complexity index is 865. The summed E-state index contributed by atoms with van der Waals surface area (Å²) >= 11 is 1.80. The van der Waals surface area contributed by atoms with E-state index in [2.05, 4.69) is 52.1 Å². The van der Waals surface area contributed by atoms with Crippen molar-refractivity contribution in [2.45, 2.75) is 39.0 Å². The number of benzene rings is 1. The summed E-state index contributed by atoms with van der Waals surface area (Å²) in [5.41, 5.74) is 3.66. The molecule has 3 heterocycles. The van der Waals surface area contributed by atoms with Gasteiger partial charge < -0.3 is 4.74 Å². The number of ether oxygens (including phenoxy) is 1. The molecule has 1 atom stereocenters. The average molecular weight is 380 g/mol. The average Bonchev–Trinajstić information content (AvgIpc) is 3.16. The molecule has 1 aliphatic heterocycles. The van der Waals surface area contributed by atoms with Crippen molar-refractivity contribution in [3.63, 3.8) is 0 Å². The van der Waals surface area contributed by atoms with E-state index in [1.54, 1.807) is 17.5 Å². The number of nitrogens with zero attached hydrogens (tertiary/aromatic N) is 3. The summed E-state index contributed by atoms with van der Waals surface area (Å²) in [6.45, 7) is 5.86. The summed E-state index contributed by atoms with van der Waals surface area (Å²) in [5.74, 6) is 0. The van der Waals surface area contributed by atoms with Crippen molar-refractivity contribution in [2.24, 2.45) is 0 Å². The van der Waals surface area contributed by atoms with Gasteiger partial charge in [-0.05, 0) is 43.5 Å². The molecule has 2 aromatic heterocycles. The molecule has 3 aromatic rings. The zero-order valence-electron chi connectivity index (χ0n) is 15.7. The van der Waals surface area contributed by atoms with Crippen LogP contribution < -0.4 is 0 Å². The van der Waals surface area contributed by atoms with Gasteiger partial charge in [-0.3, -0.25) is 9.88 Å². The van der Waals surface area contributed by atoms with E-state index in [1.165, 1.54) is 22.4 Å². The van der Waals surface area contributed by atoms with Crippen LogP contribution in [0.1, 0.15) is 28.8 Å². The molecule has 0 amide bonds. The fraction of sp³-hybridized carbons (Fsp3) is 0.364. The second kappa shape index (κ2) is 8.74. The molecule has 27 heavy (non-hydrogen) atoms. The van der Waals surface area contributed by atoms with E-state index in [1.807, 2.05) is 18.5 Å². The Morgan fingerprint density at radius 3 is 2.96 bits per heavy atom. The summed E-state index contributed by atoms with van der Waals surface area (Å²) in [6.07, 6.45) is 8.32. The van der Waals surface area contributed by atoms with Crippen LogP contribution in [0, 0.1) is 6.92 Å². The summed E-state index contributed by atoms with van der Waals surface area (Å²) in [5, 5.41) is 1.12. The lowest BCUT2D eigenvalue weighted by atomic mass is 10.1. The Hall–Kier alpha value is -2.08. The Morgan fingerprint density at radius 2 is 2.11 bits per heavy atom. The van der Waals surface area contributed by atoms with Crippen LogP contribution >= 0.6 is 11.3 Å². The fourth-order valence-corrected chi connectivity index (χ4v) is 4.57. The van der Waals surface area contributed by atoms with Gasteiger partial charge in [-0.2, -0.15) is 0 Å². The van der Waals surface area contributed by atoms with Crippen LogP contribution in [-0.4, -0.2) is 34.1 Å². The maximum atomic E-state index is 6.13. The standard InChI is InChI=1S/C22H25N3OS/c1-17-6-2-3-9-21(17)22-24-13-20(27-22)15-25-11-5-8-19(14-25)26-16-18-7-4-10-23-12-18/h2-4,6-7,9-10,12-13,19H,5,8,11,14-16H2,1H3. The SMILES string of the molecule is Cc1ccccc1-c1ncc(CN2CCCC(OCc3cccnc3)C2)s1. The molecular formula is C22H25N3OS. The summed E-state index contributed by atoms with van der Waals surface area (Å²) < 4.78 is 6.13. The molecule has 4 nitrogen and oxygen atoms in total. The van der Waals surface area contributed by atoms with Crippen LogP contribution in [0.2, 0.25) is 0 Å². The number of aryl methyl sites for hydroxylation is 1. The number of pyridine rings is 1. The highest BCUT2D eigenvalue weighted by atomic mass is 32.1. The number of rotatable bonds is 6. The third kappa shape index (κ3) is 4.80. The van der Waals surface area contributed by atoms with E-state index >= 15 is 0 Å². The molecule has 0 spiro atoms. The van der Waals surface area contributed by atoms with Gasteiger partial charge in [-0.25, -0.2) is 4.98 Å². The summed E-state index contributed by atoms with van der Waals surface area (Å²) in [6, 6.07) is 12.5. The molecule has 1 aliphatic rings. The first-order valence-corrected chi connectivity index (χ1v) is 10.3. The monoisotopic (exact) mass is 379 g/mol. The van der Waals surface area contributed by atoms with Crippen LogP contribution in [0.15, 0.2) is 55.0 Å². The normalized spacial score (nSPS) is 17.9. The van der Waals surface area contributed by atoms with Gasteiger partial charge in [0, 0.05) is 42.1 Å². The third-order valence-corrected chi connectivity index (χ3v) is 5.99. The molecule has 4 rings (SSSR count). The number of hydrogen-bond donors (Lipinski definition) is 0. The van der Waals surface area contributed by atoms with E-state index in [-0.39, 0.29) is 0 Å². The van der Waals surface area contributed by atoms with E-state index < -0.39 is 0 Å². The number of hydrogen-bond acceptors (Lipinski definition) is 5. The van der Waals surface area contributed by atoms with Gasteiger partial charge in [0.25, 0.3) is 0 Å². The third-order valence-electron chi connectivity index (χ3n) is 4.98. The molecule has 0 saturated carbocycles. The predicted octanol–water partition coefficient (Wildman–Crippen LogP) is 4.69. The van der Waals surface area contributed by atoms with Crippen LogP contribution in [0.3, 0.4) is 0 Å². The number of thiazole rings is 1. The summed E-state index contributed by atoms with van der Waals surface area (Å²) in [7, 11) is 0. The molecule has 1 saturated heterocycles. The zero-order chi connectivity index (χ0) is 18.5. The Morgan fingerprint density at radius 1 is 1.19 bits per heavy atom. The maximum Gasteiger partial charge on any atom is 0.123 e. The minimum absolute atomic E-state index is 0.294.